The summed E-state index contributed by atoms with van der Waals surface area (Å²) in [5.41, 5.74) is 5.57. The zero-order valence-electron chi connectivity index (χ0n) is 16.2. The standard InChI is InChI=1S/C23H22N4O/c1-16-8-6-10-19(14-16)27-23(26-12-4-5-13-26)20(15-24-27)22(28)25-21-11-7-9-17(2)18(21)3/h4-15H,1-3H3,(H,25,28). The van der Waals surface area contributed by atoms with Crippen molar-refractivity contribution in [3.63, 3.8) is 0 Å². The Labute approximate surface area is 164 Å². The minimum atomic E-state index is -0.184. The summed E-state index contributed by atoms with van der Waals surface area (Å²) >= 11 is 0. The molecule has 0 saturated heterocycles. The monoisotopic (exact) mass is 370 g/mol. The Morgan fingerprint density at radius 3 is 2.46 bits per heavy atom. The maximum absolute atomic E-state index is 13.1. The first-order valence-electron chi connectivity index (χ1n) is 9.20. The van der Waals surface area contributed by atoms with Crippen LogP contribution in [0.1, 0.15) is 27.0 Å². The highest BCUT2D eigenvalue weighted by Crippen LogP contribution is 2.23. The molecule has 2 aromatic heterocycles. The second kappa shape index (κ2) is 7.19. The van der Waals surface area contributed by atoms with Gasteiger partial charge in [-0.15, -0.1) is 0 Å². The molecule has 0 spiro atoms. The van der Waals surface area contributed by atoms with Gasteiger partial charge in [-0.05, 0) is 67.8 Å². The first-order valence-corrected chi connectivity index (χ1v) is 9.20. The average molecular weight is 370 g/mol. The molecule has 0 aliphatic rings. The first kappa shape index (κ1) is 17.8. The topological polar surface area (TPSA) is 51.9 Å². The molecular weight excluding hydrogens is 348 g/mol. The summed E-state index contributed by atoms with van der Waals surface area (Å²) in [6, 6.07) is 17.8. The number of carbonyl (C=O) groups excluding carboxylic acids is 1. The number of carbonyl (C=O) groups is 1. The summed E-state index contributed by atoms with van der Waals surface area (Å²) in [6.45, 7) is 6.08. The second-order valence-corrected chi connectivity index (χ2v) is 6.92. The largest absolute Gasteiger partial charge is 0.322 e. The van der Waals surface area contributed by atoms with Crippen molar-refractivity contribution in [1.82, 2.24) is 14.3 Å². The van der Waals surface area contributed by atoms with Crippen LogP contribution in [0.5, 0.6) is 0 Å². The number of hydrogen-bond acceptors (Lipinski definition) is 2. The van der Waals surface area contributed by atoms with Gasteiger partial charge >= 0.3 is 0 Å². The molecule has 0 aliphatic heterocycles. The summed E-state index contributed by atoms with van der Waals surface area (Å²) in [5, 5.41) is 7.56. The highest BCUT2D eigenvalue weighted by atomic mass is 16.1. The fourth-order valence-corrected chi connectivity index (χ4v) is 3.25. The predicted molar refractivity (Wildman–Crippen MR) is 111 cm³/mol. The van der Waals surface area contributed by atoms with E-state index in [1.807, 2.05) is 92.3 Å². The minimum Gasteiger partial charge on any atom is -0.322 e. The quantitative estimate of drug-likeness (QED) is 0.559. The zero-order valence-corrected chi connectivity index (χ0v) is 16.2. The van der Waals surface area contributed by atoms with Gasteiger partial charge in [0.2, 0.25) is 0 Å². The molecule has 0 unspecified atom stereocenters. The molecule has 0 atom stereocenters. The van der Waals surface area contributed by atoms with Crippen LogP contribution in [0, 0.1) is 20.8 Å². The van der Waals surface area contributed by atoms with E-state index in [0.29, 0.717) is 11.4 Å². The maximum atomic E-state index is 13.1. The van der Waals surface area contributed by atoms with Gasteiger partial charge in [0.05, 0.1) is 11.9 Å². The maximum Gasteiger partial charge on any atom is 0.261 e. The Morgan fingerprint density at radius 2 is 1.71 bits per heavy atom. The van der Waals surface area contributed by atoms with Crippen molar-refractivity contribution in [3.8, 4) is 11.5 Å². The summed E-state index contributed by atoms with van der Waals surface area (Å²) in [6.07, 6.45) is 5.45. The lowest BCUT2D eigenvalue weighted by Gasteiger charge is -2.13. The number of nitrogens with one attached hydrogen (secondary N) is 1. The van der Waals surface area contributed by atoms with Crippen LogP contribution in [0.3, 0.4) is 0 Å². The van der Waals surface area contributed by atoms with Gasteiger partial charge < -0.3 is 9.88 Å². The van der Waals surface area contributed by atoms with Crippen LogP contribution in [-0.2, 0) is 0 Å². The van der Waals surface area contributed by atoms with Crippen LogP contribution >= 0.6 is 0 Å². The molecule has 0 fully saturated rings. The molecule has 5 nitrogen and oxygen atoms in total. The number of amides is 1. The lowest BCUT2D eigenvalue weighted by Crippen LogP contribution is -2.16. The minimum absolute atomic E-state index is 0.184. The van der Waals surface area contributed by atoms with E-state index in [0.717, 1.165) is 28.1 Å². The number of nitrogens with zero attached hydrogens (tertiary/aromatic N) is 3. The normalized spacial score (nSPS) is 10.8. The number of benzene rings is 2. The van der Waals surface area contributed by atoms with E-state index in [-0.39, 0.29) is 5.91 Å². The third kappa shape index (κ3) is 3.22. The molecule has 0 saturated carbocycles. The van der Waals surface area contributed by atoms with Gasteiger partial charge in [-0.2, -0.15) is 5.10 Å². The van der Waals surface area contributed by atoms with Crippen LogP contribution < -0.4 is 5.32 Å². The van der Waals surface area contributed by atoms with Gasteiger partial charge in [-0.1, -0.05) is 24.3 Å². The molecule has 2 aromatic carbocycles. The first-order chi connectivity index (χ1) is 13.5. The van der Waals surface area contributed by atoms with Crippen molar-refractivity contribution in [2.75, 3.05) is 5.32 Å². The summed E-state index contributed by atoms with van der Waals surface area (Å²) in [4.78, 5) is 13.1. The van der Waals surface area contributed by atoms with Crippen LogP contribution in [0.25, 0.3) is 11.5 Å². The smallest absolute Gasteiger partial charge is 0.261 e. The molecule has 0 aliphatic carbocycles. The Balaban J connectivity index is 1.79. The van der Waals surface area contributed by atoms with Crippen molar-refractivity contribution >= 4 is 11.6 Å². The molecule has 2 heterocycles. The molecule has 140 valence electrons. The van der Waals surface area contributed by atoms with Crippen LogP contribution in [0.2, 0.25) is 0 Å². The Hall–Kier alpha value is -3.60. The van der Waals surface area contributed by atoms with Crippen LogP contribution in [0.15, 0.2) is 73.2 Å². The van der Waals surface area contributed by atoms with Gasteiger partial charge in [-0.25, -0.2) is 4.68 Å². The number of aryl methyl sites for hydroxylation is 2. The molecule has 4 aromatic rings. The van der Waals surface area contributed by atoms with E-state index in [1.165, 1.54) is 0 Å². The van der Waals surface area contributed by atoms with E-state index in [9.17, 15) is 4.79 Å². The Morgan fingerprint density at radius 1 is 0.964 bits per heavy atom. The highest BCUT2D eigenvalue weighted by molar-refractivity contribution is 6.06. The van der Waals surface area contributed by atoms with E-state index in [1.54, 1.807) is 10.9 Å². The third-order valence-corrected chi connectivity index (χ3v) is 4.94. The van der Waals surface area contributed by atoms with E-state index < -0.39 is 0 Å². The van der Waals surface area contributed by atoms with Gasteiger partial charge in [-0.3, -0.25) is 4.79 Å². The SMILES string of the molecule is Cc1cccc(-n2ncc(C(=O)Nc3cccc(C)c3C)c2-n2cccc2)c1. The van der Waals surface area contributed by atoms with Crippen molar-refractivity contribution in [2.24, 2.45) is 0 Å². The molecule has 5 heteroatoms. The second-order valence-electron chi connectivity index (χ2n) is 6.92. The highest BCUT2D eigenvalue weighted by Gasteiger charge is 2.20. The summed E-state index contributed by atoms with van der Waals surface area (Å²) < 4.78 is 3.71. The lowest BCUT2D eigenvalue weighted by molar-refractivity contribution is 0.102. The molecule has 0 radical (unpaired) electrons. The van der Waals surface area contributed by atoms with Crippen LogP contribution in [0.4, 0.5) is 5.69 Å². The van der Waals surface area contributed by atoms with Crippen molar-refractivity contribution in [3.05, 3.63) is 95.4 Å². The van der Waals surface area contributed by atoms with E-state index in [2.05, 4.69) is 10.4 Å². The molecule has 1 amide bonds. The van der Waals surface area contributed by atoms with E-state index >= 15 is 0 Å². The Bertz CT molecular complexity index is 1140. The van der Waals surface area contributed by atoms with Gasteiger partial charge in [0.1, 0.15) is 5.56 Å². The summed E-state index contributed by atoms with van der Waals surface area (Å²) in [5.74, 6) is 0.523. The molecule has 0 bridgehead atoms. The zero-order chi connectivity index (χ0) is 19.7. The van der Waals surface area contributed by atoms with Gasteiger partial charge in [0, 0.05) is 18.1 Å². The Kier molecular flexibility index (Phi) is 4.57. The number of aromatic nitrogens is 3. The fraction of sp³-hybridized carbons (Fsp3) is 0.130. The van der Waals surface area contributed by atoms with Crippen molar-refractivity contribution in [2.45, 2.75) is 20.8 Å². The predicted octanol–water partition coefficient (Wildman–Crippen LogP) is 4.84. The van der Waals surface area contributed by atoms with Gasteiger partial charge in [0.15, 0.2) is 5.82 Å². The molecule has 28 heavy (non-hydrogen) atoms. The number of hydrogen-bond donors (Lipinski definition) is 1. The van der Waals surface area contributed by atoms with Crippen molar-refractivity contribution in [1.29, 1.82) is 0 Å². The van der Waals surface area contributed by atoms with Crippen molar-refractivity contribution < 1.29 is 4.79 Å². The fourth-order valence-electron chi connectivity index (χ4n) is 3.25. The molecular formula is C23H22N4O. The number of anilines is 1. The average Bonchev–Trinajstić information content (AvgIpc) is 3.34. The lowest BCUT2D eigenvalue weighted by atomic mass is 10.1. The third-order valence-electron chi connectivity index (χ3n) is 4.94. The molecule has 4 rings (SSSR count). The summed E-state index contributed by atoms with van der Waals surface area (Å²) in [7, 11) is 0. The van der Waals surface area contributed by atoms with E-state index in [4.69, 9.17) is 0 Å². The molecule has 1 N–H and O–H groups in total. The van der Waals surface area contributed by atoms with Gasteiger partial charge in [0.25, 0.3) is 5.91 Å². The van der Waals surface area contributed by atoms with Crippen LogP contribution in [-0.4, -0.2) is 20.3 Å². The number of rotatable bonds is 4.